The Labute approximate surface area is 97.6 Å². The maximum Gasteiger partial charge on any atom is 0.416 e. The minimum Gasteiger partial charge on any atom is -0.256 e. The average Bonchev–Trinajstić information content (AvgIpc) is 2.27. The highest BCUT2D eigenvalue weighted by atomic mass is 19.4. The van der Waals surface area contributed by atoms with Crippen LogP contribution in [0.25, 0.3) is 0 Å². The number of hydrogen-bond acceptors (Lipinski definition) is 1. The Morgan fingerprint density at radius 3 is 1.50 bits per heavy atom. The summed E-state index contributed by atoms with van der Waals surface area (Å²) in [4.78, 5) is 0. The van der Waals surface area contributed by atoms with Crippen molar-refractivity contribution < 1.29 is 30.7 Å². The first kappa shape index (κ1) is 14.7. The SMILES string of the molecule is CNC(F)(F)C(F)(F)c1ccc(C(F)(F)F)cc1. The van der Waals surface area contributed by atoms with Crippen LogP contribution in [0.1, 0.15) is 11.1 Å². The summed E-state index contributed by atoms with van der Waals surface area (Å²) in [7, 11) is 0.623. The van der Waals surface area contributed by atoms with Crippen molar-refractivity contribution in [2.45, 2.75) is 18.1 Å². The summed E-state index contributed by atoms with van der Waals surface area (Å²) in [5.41, 5.74) is -2.38. The second-order valence-corrected chi connectivity index (χ2v) is 3.47. The van der Waals surface area contributed by atoms with E-state index in [4.69, 9.17) is 0 Å². The zero-order valence-corrected chi connectivity index (χ0v) is 8.96. The Morgan fingerprint density at radius 2 is 1.17 bits per heavy atom. The van der Waals surface area contributed by atoms with E-state index in [0.717, 1.165) is 5.32 Å². The minimum absolute atomic E-state index is 0.327. The van der Waals surface area contributed by atoms with Gasteiger partial charge < -0.3 is 0 Å². The van der Waals surface area contributed by atoms with Crippen LogP contribution in [0.2, 0.25) is 0 Å². The van der Waals surface area contributed by atoms with Gasteiger partial charge in [-0.05, 0) is 19.2 Å². The van der Waals surface area contributed by atoms with Crippen molar-refractivity contribution in [2.24, 2.45) is 0 Å². The van der Waals surface area contributed by atoms with Gasteiger partial charge in [0.25, 0.3) is 0 Å². The van der Waals surface area contributed by atoms with Gasteiger partial charge in [-0.1, -0.05) is 12.1 Å². The Hall–Kier alpha value is -1.31. The maximum absolute atomic E-state index is 13.3. The van der Waals surface area contributed by atoms with Crippen LogP contribution in [-0.4, -0.2) is 13.1 Å². The van der Waals surface area contributed by atoms with Gasteiger partial charge in [0, 0.05) is 5.56 Å². The Balaban J connectivity index is 3.13. The van der Waals surface area contributed by atoms with Crippen LogP contribution >= 0.6 is 0 Å². The summed E-state index contributed by atoms with van der Waals surface area (Å²) in [5.74, 6) is -4.61. The number of nitrogens with one attached hydrogen (secondary N) is 1. The van der Waals surface area contributed by atoms with Crippen molar-refractivity contribution in [3.63, 3.8) is 0 Å². The second kappa shape index (κ2) is 4.42. The first-order chi connectivity index (χ1) is 8.02. The van der Waals surface area contributed by atoms with Crippen LogP contribution in [0.4, 0.5) is 30.7 Å². The number of benzene rings is 1. The van der Waals surface area contributed by atoms with E-state index in [-0.39, 0.29) is 0 Å². The van der Waals surface area contributed by atoms with Crippen molar-refractivity contribution in [2.75, 3.05) is 7.05 Å². The molecule has 0 amide bonds. The molecular weight excluding hydrogens is 267 g/mol. The van der Waals surface area contributed by atoms with Crippen molar-refractivity contribution in [3.8, 4) is 0 Å². The molecule has 0 unspecified atom stereocenters. The molecule has 0 atom stereocenters. The van der Waals surface area contributed by atoms with Gasteiger partial charge in [-0.3, -0.25) is 5.32 Å². The number of rotatable bonds is 3. The third-order valence-corrected chi connectivity index (χ3v) is 2.28. The van der Waals surface area contributed by atoms with Gasteiger partial charge in [0.15, 0.2) is 0 Å². The molecule has 102 valence electrons. The number of halogens is 7. The molecule has 18 heavy (non-hydrogen) atoms. The lowest BCUT2D eigenvalue weighted by Crippen LogP contribution is -2.48. The summed E-state index contributed by atoms with van der Waals surface area (Å²) >= 11 is 0. The first-order valence-electron chi connectivity index (χ1n) is 4.64. The third kappa shape index (κ3) is 2.58. The van der Waals surface area contributed by atoms with Crippen LogP contribution < -0.4 is 5.32 Å². The smallest absolute Gasteiger partial charge is 0.256 e. The lowest BCUT2D eigenvalue weighted by atomic mass is 10.0. The quantitative estimate of drug-likeness (QED) is 0.656. The van der Waals surface area contributed by atoms with Crippen LogP contribution in [0.5, 0.6) is 0 Å². The maximum atomic E-state index is 13.3. The number of hydrogen-bond donors (Lipinski definition) is 1. The standard InChI is InChI=1S/C10H8F7N/c1-18-10(16,17)8(11,12)6-2-4-7(5-3-6)9(13,14)15/h2-5,18H,1H3. The Kier molecular flexibility index (Phi) is 3.62. The molecule has 0 saturated carbocycles. The highest BCUT2D eigenvalue weighted by molar-refractivity contribution is 5.28. The van der Waals surface area contributed by atoms with Gasteiger partial charge in [-0.2, -0.15) is 30.7 Å². The van der Waals surface area contributed by atoms with Gasteiger partial charge in [0.05, 0.1) is 5.56 Å². The van der Waals surface area contributed by atoms with E-state index < -0.39 is 29.3 Å². The molecular formula is C10H8F7N. The van der Waals surface area contributed by atoms with E-state index in [1.54, 1.807) is 0 Å². The lowest BCUT2D eigenvalue weighted by molar-refractivity contribution is -0.230. The zero-order valence-electron chi connectivity index (χ0n) is 8.96. The van der Waals surface area contributed by atoms with Gasteiger partial charge in [0.2, 0.25) is 0 Å². The monoisotopic (exact) mass is 275 g/mol. The fraction of sp³-hybridized carbons (Fsp3) is 0.400. The molecule has 0 aromatic heterocycles. The zero-order chi connectivity index (χ0) is 14.2. The van der Waals surface area contributed by atoms with E-state index in [0.29, 0.717) is 31.3 Å². The molecule has 0 aliphatic rings. The Morgan fingerprint density at radius 1 is 0.778 bits per heavy atom. The molecule has 1 aromatic carbocycles. The van der Waals surface area contributed by atoms with Gasteiger partial charge >= 0.3 is 18.1 Å². The summed E-state index contributed by atoms with van der Waals surface area (Å²) in [6.45, 7) is 0. The van der Waals surface area contributed by atoms with Gasteiger partial charge in [-0.25, -0.2) is 0 Å². The summed E-state index contributed by atoms with van der Waals surface area (Å²) in [6, 6.07) is -3.24. The molecule has 1 nitrogen and oxygen atoms in total. The van der Waals surface area contributed by atoms with Gasteiger partial charge in [-0.15, -0.1) is 0 Å². The molecule has 0 fully saturated rings. The minimum atomic E-state index is -4.71. The van der Waals surface area contributed by atoms with E-state index in [2.05, 4.69) is 0 Å². The number of likely N-dealkylation sites (N-methyl/N-ethyl adjacent to an activating group) is 1. The summed E-state index contributed by atoms with van der Waals surface area (Å²) < 4.78 is 88.8. The predicted octanol–water partition coefficient (Wildman–Crippen LogP) is 3.61. The van der Waals surface area contributed by atoms with E-state index >= 15 is 0 Å². The van der Waals surface area contributed by atoms with Crippen LogP contribution in [0, 0.1) is 0 Å². The van der Waals surface area contributed by atoms with Crippen molar-refractivity contribution in [1.82, 2.24) is 5.32 Å². The van der Waals surface area contributed by atoms with Crippen molar-refractivity contribution >= 4 is 0 Å². The molecule has 0 spiro atoms. The molecule has 0 heterocycles. The van der Waals surface area contributed by atoms with Gasteiger partial charge in [0.1, 0.15) is 0 Å². The largest absolute Gasteiger partial charge is 0.416 e. The highest BCUT2D eigenvalue weighted by Gasteiger charge is 2.56. The van der Waals surface area contributed by atoms with E-state index in [1.165, 1.54) is 0 Å². The lowest BCUT2D eigenvalue weighted by Gasteiger charge is -2.26. The highest BCUT2D eigenvalue weighted by Crippen LogP contribution is 2.41. The Bertz CT molecular complexity index is 407. The molecule has 0 aliphatic heterocycles. The van der Waals surface area contributed by atoms with Crippen molar-refractivity contribution in [3.05, 3.63) is 35.4 Å². The fourth-order valence-electron chi connectivity index (χ4n) is 1.21. The second-order valence-electron chi connectivity index (χ2n) is 3.47. The fourth-order valence-corrected chi connectivity index (χ4v) is 1.21. The average molecular weight is 275 g/mol. The number of alkyl halides is 7. The normalized spacial score (nSPS) is 13.8. The molecule has 0 bridgehead atoms. The molecule has 1 rings (SSSR count). The van der Waals surface area contributed by atoms with Crippen LogP contribution in [-0.2, 0) is 12.1 Å². The predicted molar refractivity (Wildman–Crippen MR) is 49.3 cm³/mol. The van der Waals surface area contributed by atoms with Crippen molar-refractivity contribution in [1.29, 1.82) is 0 Å². The third-order valence-electron chi connectivity index (χ3n) is 2.28. The summed E-state index contributed by atoms with van der Waals surface area (Å²) in [5, 5.41) is 1.12. The topological polar surface area (TPSA) is 12.0 Å². The molecule has 1 N–H and O–H groups in total. The molecule has 1 aromatic rings. The summed E-state index contributed by atoms with van der Waals surface area (Å²) in [6.07, 6.45) is -4.71. The molecule has 0 saturated heterocycles. The van der Waals surface area contributed by atoms with Crippen LogP contribution in [0.3, 0.4) is 0 Å². The first-order valence-corrected chi connectivity index (χ1v) is 4.64. The molecule has 0 aliphatic carbocycles. The molecule has 8 heteroatoms. The van der Waals surface area contributed by atoms with E-state index in [9.17, 15) is 30.7 Å². The van der Waals surface area contributed by atoms with E-state index in [1.807, 2.05) is 0 Å². The molecule has 0 radical (unpaired) electrons. The van der Waals surface area contributed by atoms with Crippen LogP contribution in [0.15, 0.2) is 24.3 Å².